The van der Waals surface area contributed by atoms with E-state index in [1.807, 2.05) is 19.9 Å². The number of thiophene rings is 1. The van der Waals surface area contributed by atoms with E-state index in [2.05, 4.69) is 10.6 Å². The third-order valence-corrected chi connectivity index (χ3v) is 3.96. The normalized spacial score (nSPS) is 13.6. The summed E-state index contributed by atoms with van der Waals surface area (Å²) in [7, 11) is 0. The van der Waals surface area contributed by atoms with E-state index >= 15 is 0 Å². The molecule has 0 saturated heterocycles. The number of urea groups is 1. The van der Waals surface area contributed by atoms with Crippen molar-refractivity contribution in [3.63, 3.8) is 0 Å². The number of aliphatic carboxylic acids is 1. The highest BCUT2D eigenvalue weighted by atomic mass is 35.5. The van der Waals surface area contributed by atoms with Crippen LogP contribution in [0.1, 0.15) is 37.6 Å². The summed E-state index contributed by atoms with van der Waals surface area (Å²) < 4.78 is 0.651. The Balaban J connectivity index is 2.52. The molecule has 106 valence electrons. The Morgan fingerprint density at radius 3 is 2.58 bits per heavy atom. The molecule has 1 unspecified atom stereocenters. The molecule has 1 aromatic rings. The summed E-state index contributed by atoms with van der Waals surface area (Å²) in [5.74, 6) is -1.02. The number of carbonyl (C=O) groups excluding carboxylic acids is 1. The van der Waals surface area contributed by atoms with Crippen molar-refractivity contribution in [1.29, 1.82) is 0 Å². The van der Waals surface area contributed by atoms with Crippen molar-refractivity contribution in [2.24, 2.45) is 0 Å². The second-order valence-electron chi connectivity index (χ2n) is 4.16. The fourth-order valence-electron chi connectivity index (χ4n) is 1.57. The molecular formula is C12H17ClN2O3S. The molecule has 0 fully saturated rings. The first kappa shape index (κ1) is 15.8. The molecule has 0 aromatic carbocycles. The quantitative estimate of drug-likeness (QED) is 0.756. The molecule has 1 aromatic heterocycles. The highest BCUT2D eigenvalue weighted by Gasteiger charge is 2.20. The molecular weight excluding hydrogens is 288 g/mol. The molecule has 0 spiro atoms. The first-order valence-corrected chi connectivity index (χ1v) is 7.18. The molecule has 0 radical (unpaired) electrons. The van der Waals surface area contributed by atoms with Gasteiger partial charge in [0.1, 0.15) is 6.04 Å². The minimum absolute atomic E-state index is 0.214. The van der Waals surface area contributed by atoms with Crippen molar-refractivity contribution in [3.05, 3.63) is 21.3 Å². The van der Waals surface area contributed by atoms with Gasteiger partial charge in [-0.15, -0.1) is 11.3 Å². The lowest BCUT2D eigenvalue weighted by molar-refractivity contribution is -0.139. The number of carbonyl (C=O) groups is 2. The third kappa shape index (κ3) is 5.08. The average molecular weight is 305 g/mol. The molecule has 1 rings (SSSR count). The molecule has 0 aliphatic carbocycles. The minimum Gasteiger partial charge on any atom is -0.480 e. The second kappa shape index (κ2) is 7.35. The van der Waals surface area contributed by atoms with E-state index in [9.17, 15) is 9.59 Å². The van der Waals surface area contributed by atoms with Crippen molar-refractivity contribution in [3.8, 4) is 0 Å². The van der Waals surface area contributed by atoms with Gasteiger partial charge in [0.2, 0.25) is 0 Å². The van der Waals surface area contributed by atoms with Crippen LogP contribution in [-0.2, 0) is 4.79 Å². The average Bonchev–Trinajstić information content (AvgIpc) is 2.75. The van der Waals surface area contributed by atoms with Crippen LogP contribution in [0.25, 0.3) is 0 Å². The van der Waals surface area contributed by atoms with Gasteiger partial charge < -0.3 is 15.7 Å². The summed E-state index contributed by atoms with van der Waals surface area (Å²) in [5, 5.41) is 14.1. The lowest BCUT2D eigenvalue weighted by atomic mass is 10.2. The molecule has 1 heterocycles. The number of carboxylic acid groups (broad SMARTS) is 1. The summed E-state index contributed by atoms with van der Waals surface area (Å²) >= 11 is 7.20. The van der Waals surface area contributed by atoms with Crippen LogP contribution in [-0.4, -0.2) is 23.1 Å². The second-order valence-corrected chi connectivity index (χ2v) is 5.91. The zero-order chi connectivity index (χ0) is 14.4. The zero-order valence-electron chi connectivity index (χ0n) is 10.8. The summed E-state index contributed by atoms with van der Waals surface area (Å²) in [6, 6.07) is 2.03. The van der Waals surface area contributed by atoms with E-state index < -0.39 is 18.0 Å². The fourth-order valence-corrected chi connectivity index (χ4v) is 2.64. The summed E-state index contributed by atoms with van der Waals surface area (Å²) in [6.07, 6.45) is 1.09. The Morgan fingerprint density at radius 2 is 2.11 bits per heavy atom. The van der Waals surface area contributed by atoms with Gasteiger partial charge in [-0.2, -0.15) is 0 Å². The fraction of sp³-hybridized carbons (Fsp3) is 0.500. The van der Waals surface area contributed by atoms with Crippen LogP contribution >= 0.6 is 22.9 Å². The van der Waals surface area contributed by atoms with Crippen molar-refractivity contribution in [1.82, 2.24) is 10.6 Å². The van der Waals surface area contributed by atoms with Gasteiger partial charge in [-0.3, -0.25) is 0 Å². The molecule has 3 N–H and O–H groups in total. The van der Waals surface area contributed by atoms with E-state index in [1.54, 1.807) is 6.07 Å². The highest BCUT2D eigenvalue weighted by molar-refractivity contribution is 7.16. The summed E-state index contributed by atoms with van der Waals surface area (Å²) in [5.41, 5.74) is 0. The maximum absolute atomic E-state index is 11.7. The molecule has 0 aliphatic rings. The smallest absolute Gasteiger partial charge is 0.326 e. The lowest BCUT2D eigenvalue weighted by Gasteiger charge is -2.17. The summed E-state index contributed by atoms with van der Waals surface area (Å²) in [6.45, 7) is 3.68. The van der Waals surface area contributed by atoms with Crippen molar-refractivity contribution < 1.29 is 14.7 Å². The molecule has 19 heavy (non-hydrogen) atoms. The Kier molecular flexibility index (Phi) is 6.11. The van der Waals surface area contributed by atoms with Gasteiger partial charge >= 0.3 is 12.0 Å². The number of hydrogen-bond donors (Lipinski definition) is 3. The minimum atomic E-state index is -1.02. The van der Waals surface area contributed by atoms with Crippen LogP contribution in [0.5, 0.6) is 0 Å². The Bertz CT molecular complexity index is 450. The van der Waals surface area contributed by atoms with Crippen molar-refractivity contribution in [2.45, 2.75) is 38.8 Å². The number of amides is 2. The molecule has 0 saturated carbocycles. The number of rotatable bonds is 6. The first-order valence-electron chi connectivity index (χ1n) is 5.99. The topological polar surface area (TPSA) is 78.4 Å². The number of nitrogens with one attached hydrogen (secondary N) is 2. The Hall–Kier alpha value is -1.27. The number of hydrogen-bond acceptors (Lipinski definition) is 3. The van der Waals surface area contributed by atoms with Crippen molar-refractivity contribution >= 4 is 34.9 Å². The molecule has 5 nitrogen and oxygen atoms in total. The van der Waals surface area contributed by atoms with Gasteiger partial charge in [0.15, 0.2) is 0 Å². The zero-order valence-corrected chi connectivity index (χ0v) is 12.3. The van der Waals surface area contributed by atoms with Crippen LogP contribution in [0.2, 0.25) is 4.34 Å². The van der Waals surface area contributed by atoms with Gasteiger partial charge in [0.05, 0.1) is 10.4 Å². The van der Waals surface area contributed by atoms with E-state index in [0.29, 0.717) is 17.2 Å². The van der Waals surface area contributed by atoms with E-state index in [1.165, 1.54) is 11.3 Å². The van der Waals surface area contributed by atoms with Crippen molar-refractivity contribution in [2.75, 3.05) is 0 Å². The molecule has 7 heteroatoms. The predicted molar refractivity (Wildman–Crippen MR) is 75.7 cm³/mol. The van der Waals surface area contributed by atoms with Gasteiger partial charge in [0.25, 0.3) is 0 Å². The molecule has 2 atom stereocenters. The maximum atomic E-state index is 11.7. The monoisotopic (exact) mass is 304 g/mol. The van der Waals surface area contributed by atoms with Gasteiger partial charge in [-0.1, -0.05) is 24.9 Å². The highest BCUT2D eigenvalue weighted by Crippen LogP contribution is 2.26. The standard InChI is InChI=1S/C12H17ClN2O3S/c1-3-4-8(11(16)17)15-12(18)14-7(2)9-5-6-10(13)19-9/h5-8H,3-4H2,1-2H3,(H,16,17)(H2,14,15,18)/t7?,8-/m0/s1. The first-order chi connectivity index (χ1) is 8.93. The summed E-state index contributed by atoms with van der Waals surface area (Å²) in [4.78, 5) is 23.6. The number of halogens is 1. The maximum Gasteiger partial charge on any atom is 0.326 e. The van der Waals surface area contributed by atoms with Gasteiger partial charge in [0, 0.05) is 4.88 Å². The van der Waals surface area contributed by atoms with E-state index in [0.717, 1.165) is 4.88 Å². The lowest BCUT2D eigenvalue weighted by Crippen LogP contribution is -2.46. The molecule has 0 aliphatic heterocycles. The van der Waals surface area contributed by atoms with E-state index in [4.69, 9.17) is 16.7 Å². The van der Waals surface area contributed by atoms with Crippen LogP contribution in [0.4, 0.5) is 4.79 Å². The molecule has 2 amide bonds. The molecule has 0 bridgehead atoms. The predicted octanol–water partition coefficient (Wildman–Crippen LogP) is 3.02. The van der Waals surface area contributed by atoms with Crippen LogP contribution in [0.15, 0.2) is 12.1 Å². The van der Waals surface area contributed by atoms with E-state index in [-0.39, 0.29) is 6.04 Å². The Morgan fingerprint density at radius 1 is 1.42 bits per heavy atom. The number of carboxylic acids is 1. The Labute approximate surface area is 121 Å². The SMILES string of the molecule is CCC[C@H](NC(=O)NC(C)c1ccc(Cl)s1)C(=O)O. The van der Waals surface area contributed by atoms with Crippen LogP contribution in [0.3, 0.4) is 0 Å². The largest absolute Gasteiger partial charge is 0.480 e. The third-order valence-electron chi connectivity index (χ3n) is 2.55. The van der Waals surface area contributed by atoms with Gasteiger partial charge in [-0.25, -0.2) is 9.59 Å². The van der Waals surface area contributed by atoms with Gasteiger partial charge in [-0.05, 0) is 25.5 Å². The van der Waals surface area contributed by atoms with Crippen LogP contribution in [0, 0.1) is 0 Å². The van der Waals surface area contributed by atoms with Crippen LogP contribution < -0.4 is 10.6 Å².